The number of ether oxygens (including phenoxy) is 1. The zero-order valence-corrected chi connectivity index (χ0v) is 15.9. The molecule has 0 radical (unpaired) electrons. The van der Waals surface area contributed by atoms with E-state index in [0.717, 1.165) is 32.5 Å². The Bertz CT molecular complexity index is 603. The molecule has 112 valence electrons. The smallest absolute Gasteiger partial charge is 0.140 e. The topological polar surface area (TPSA) is 21.3 Å². The van der Waals surface area contributed by atoms with E-state index in [4.69, 9.17) is 4.74 Å². The summed E-state index contributed by atoms with van der Waals surface area (Å²) in [4.78, 5) is 0. The fraction of sp³-hybridized carbons (Fsp3) is 0.294. The lowest BCUT2D eigenvalue weighted by atomic mass is 10.1. The summed E-state index contributed by atoms with van der Waals surface area (Å²) in [6.45, 7) is 5.34. The Labute approximate surface area is 148 Å². The van der Waals surface area contributed by atoms with Crippen LogP contribution in [-0.2, 0) is 0 Å². The normalized spacial score (nSPS) is 12.2. The first-order chi connectivity index (χ1) is 10.1. The summed E-state index contributed by atoms with van der Waals surface area (Å²) in [5.41, 5.74) is 1.17. The van der Waals surface area contributed by atoms with Gasteiger partial charge in [0.25, 0.3) is 0 Å². The van der Waals surface area contributed by atoms with Crippen LogP contribution in [-0.4, -0.2) is 6.54 Å². The van der Waals surface area contributed by atoms with Crippen molar-refractivity contribution in [1.82, 2.24) is 5.32 Å². The lowest BCUT2D eigenvalue weighted by Crippen LogP contribution is -2.19. The summed E-state index contributed by atoms with van der Waals surface area (Å²) in [7, 11) is 0. The van der Waals surface area contributed by atoms with Crippen LogP contribution in [0.25, 0.3) is 0 Å². The lowest BCUT2D eigenvalue weighted by molar-refractivity contribution is 0.458. The van der Waals surface area contributed by atoms with Crippen molar-refractivity contribution in [3.05, 3.63) is 56.1 Å². The van der Waals surface area contributed by atoms with E-state index in [2.05, 4.69) is 69.8 Å². The molecule has 0 spiro atoms. The van der Waals surface area contributed by atoms with Crippen molar-refractivity contribution >= 4 is 38.5 Å². The number of hydrogen-bond donors (Lipinski definition) is 1. The van der Waals surface area contributed by atoms with Crippen molar-refractivity contribution in [2.45, 2.75) is 26.3 Å². The fourth-order valence-corrected chi connectivity index (χ4v) is 2.91. The van der Waals surface area contributed by atoms with Gasteiger partial charge in [0.05, 0.1) is 3.57 Å². The summed E-state index contributed by atoms with van der Waals surface area (Å²) in [6.07, 6.45) is 1.12. The highest BCUT2D eigenvalue weighted by atomic mass is 127. The molecule has 0 amide bonds. The standard InChI is InChI=1S/C17H19BrINO/c1-3-10-20-12(2)14-9-8-13(18)11-17(14)21-16-7-5-4-6-15(16)19/h4-9,11-12,20H,3,10H2,1-2H3. The first-order valence-corrected chi connectivity index (χ1v) is 8.94. The summed E-state index contributed by atoms with van der Waals surface area (Å²) >= 11 is 5.82. The van der Waals surface area contributed by atoms with Gasteiger partial charge in [0.1, 0.15) is 11.5 Å². The van der Waals surface area contributed by atoms with Gasteiger partial charge in [-0.25, -0.2) is 0 Å². The monoisotopic (exact) mass is 459 g/mol. The van der Waals surface area contributed by atoms with E-state index in [1.807, 2.05) is 30.3 Å². The predicted octanol–water partition coefficient (Wildman–Crippen LogP) is 5.91. The maximum absolute atomic E-state index is 6.14. The Balaban J connectivity index is 2.29. The summed E-state index contributed by atoms with van der Waals surface area (Å²) < 4.78 is 8.27. The summed E-state index contributed by atoms with van der Waals surface area (Å²) in [5, 5.41) is 3.51. The number of benzene rings is 2. The first kappa shape index (κ1) is 16.8. The Morgan fingerprint density at radius 3 is 2.67 bits per heavy atom. The molecule has 0 heterocycles. The van der Waals surface area contributed by atoms with Gasteiger partial charge in [0, 0.05) is 16.1 Å². The molecule has 2 rings (SSSR count). The second-order valence-corrected chi connectivity index (χ2v) is 6.97. The second kappa shape index (κ2) is 8.15. The Morgan fingerprint density at radius 2 is 1.95 bits per heavy atom. The molecule has 0 fully saturated rings. The first-order valence-electron chi connectivity index (χ1n) is 7.07. The Kier molecular flexibility index (Phi) is 6.51. The van der Waals surface area contributed by atoms with Crippen LogP contribution in [0.15, 0.2) is 46.9 Å². The fourth-order valence-electron chi connectivity index (χ4n) is 2.07. The van der Waals surface area contributed by atoms with Gasteiger partial charge in [-0.2, -0.15) is 0 Å². The SMILES string of the molecule is CCCNC(C)c1ccc(Br)cc1Oc1ccccc1I. The molecule has 21 heavy (non-hydrogen) atoms. The molecule has 1 unspecified atom stereocenters. The summed E-state index contributed by atoms with van der Waals surface area (Å²) in [6, 6.07) is 14.5. The molecule has 2 aromatic rings. The minimum Gasteiger partial charge on any atom is -0.456 e. The molecular weight excluding hydrogens is 441 g/mol. The largest absolute Gasteiger partial charge is 0.456 e. The molecular formula is C17H19BrINO. The Morgan fingerprint density at radius 1 is 1.19 bits per heavy atom. The van der Waals surface area contributed by atoms with Gasteiger partial charge >= 0.3 is 0 Å². The molecule has 0 saturated carbocycles. The van der Waals surface area contributed by atoms with E-state index < -0.39 is 0 Å². The van der Waals surface area contributed by atoms with Crippen LogP contribution >= 0.6 is 38.5 Å². The maximum Gasteiger partial charge on any atom is 0.140 e. The van der Waals surface area contributed by atoms with E-state index in [1.54, 1.807) is 0 Å². The molecule has 0 aliphatic heterocycles. The van der Waals surface area contributed by atoms with E-state index in [0.29, 0.717) is 0 Å². The van der Waals surface area contributed by atoms with Gasteiger partial charge in [0.2, 0.25) is 0 Å². The third-order valence-electron chi connectivity index (χ3n) is 3.20. The third-order valence-corrected chi connectivity index (χ3v) is 4.58. The van der Waals surface area contributed by atoms with Gasteiger partial charge < -0.3 is 10.1 Å². The highest BCUT2D eigenvalue weighted by molar-refractivity contribution is 14.1. The van der Waals surface area contributed by atoms with Crippen LogP contribution in [0.2, 0.25) is 0 Å². The van der Waals surface area contributed by atoms with Crippen LogP contribution in [0.5, 0.6) is 11.5 Å². The molecule has 0 aliphatic carbocycles. The molecule has 0 saturated heterocycles. The maximum atomic E-state index is 6.14. The molecule has 2 aromatic carbocycles. The minimum absolute atomic E-state index is 0.259. The zero-order chi connectivity index (χ0) is 15.2. The quantitative estimate of drug-likeness (QED) is 0.542. The highest BCUT2D eigenvalue weighted by Gasteiger charge is 2.13. The number of hydrogen-bond acceptors (Lipinski definition) is 2. The highest BCUT2D eigenvalue weighted by Crippen LogP contribution is 2.34. The van der Waals surface area contributed by atoms with E-state index in [1.165, 1.54) is 5.56 Å². The van der Waals surface area contributed by atoms with Crippen LogP contribution < -0.4 is 10.1 Å². The van der Waals surface area contributed by atoms with E-state index >= 15 is 0 Å². The van der Waals surface area contributed by atoms with Gasteiger partial charge in [-0.1, -0.05) is 41.1 Å². The predicted molar refractivity (Wildman–Crippen MR) is 100 cm³/mol. The van der Waals surface area contributed by atoms with Crippen molar-refractivity contribution in [3.8, 4) is 11.5 Å². The molecule has 0 aliphatic rings. The average Bonchev–Trinajstić information content (AvgIpc) is 2.47. The van der Waals surface area contributed by atoms with E-state index in [-0.39, 0.29) is 6.04 Å². The number of halogens is 2. The molecule has 1 N–H and O–H groups in total. The molecule has 0 aromatic heterocycles. The third kappa shape index (κ3) is 4.69. The van der Waals surface area contributed by atoms with Crippen LogP contribution in [0.3, 0.4) is 0 Å². The number of para-hydroxylation sites is 1. The van der Waals surface area contributed by atoms with Crippen molar-refractivity contribution in [3.63, 3.8) is 0 Å². The van der Waals surface area contributed by atoms with Gasteiger partial charge in [0.15, 0.2) is 0 Å². The average molecular weight is 460 g/mol. The van der Waals surface area contributed by atoms with Gasteiger partial charge in [-0.15, -0.1) is 0 Å². The van der Waals surface area contributed by atoms with Crippen LogP contribution in [0.4, 0.5) is 0 Å². The molecule has 2 nitrogen and oxygen atoms in total. The van der Waals surface area contributed by atoms with Crippen molar-refractivity contribution in [2.75, 3.05) is 6.54 Å². The molecule has 4 heteroatoms. The van der Waals surface area contributed by atoms with Crippen molar-refractivity contribution in [2.24, 2.45) is 0 Å². The zero-order valence-electron chi connectivity index (χ0n) is 12.2. The molecule has 0 bridgehead atoms. The second-order valence-electron chi connectivity index (χ2n) is 4.89. The minimum atomic E-state index is 0.259. The lowest BCUT2D eigenvalue weighted by Gasteiger charge is -2.19. The number of nitrogens with one attached hydrogen (secondary N) is 1. The van der Waals surface area contributed by atoms with E-state index in [9.17, 15) is 0 Å². The number of rotatable bonds is 6. The van der Waals surface area contributed by atoms with Gasteiger partial charge in [-0.05, 0) is 66.7 Å². The van der Waals surface area contributed by atoms with Crippen LogP contribution in [0, 0.1) is 3.57 Å². The van der Waals surface area contributed by atoms with Crippen molar-refractivity contribution in [1.29, 1.82) is 0 Å². The summed E-state index contributed by atoms with van der Waals surface area (Å²) in [5.74, 6) is 1.78. The van der Waals surface area contributed by atoms with Gasteiger partial charge in [-0.3, -0.25) is 0 Å². The Hall–Kier alpha value is -0.590. The molecule has 1 atom stereocenters. The van der Waals surface area contributed by atoms with Crippen LogP contribution in [0.1, 0.15) is 31.9 Å². The van der Waals surface area contributed by atoms with Crippen molar-refractivity contribution < 1.29 is 4.74 Å².